The fraction of sp³-hybridized carbons (Fsp3) is 0.0800. The van der Waals surface area contributed by atoms with E-state index in [2.05, 4.69) is 0 Å². The van der Waals surface area contributed by atoms with Crippen LogP contribution in [0.3, 0.4) is 0 Å². The molecule has 3 aromatic carbocycles. The van der Waals surface area contributed by atoms with Crippen LogP contribution < -0.4 is 9.84 Å². The van der Waals surface area contributed by atoms with Crippen LogP contribution in [0.2, 0.25) is 5.02 Å². The van der Waals surface area contributed by atoms with Gasteiger partial charge in [0.15, 0.2) is 0 Å². The molecule has 0 N–H and O–H groups in total. The molecule has 0 amide bonds. The number of benzene rings is 3. The first kappa shape index (κ1) is 22.0. The molecule has 0 spiro atoms. The van der Waals surface area contributed by atoms with Crippen LogP contribution in [0.5, 0.6) is 5.75 Å². The van der Waals surface area contributed by atoms with Crippen molar-refractivity contribution in [2.75, 3.05) is 0 Å². The molecule has 0 saturated carbocycles. The highest BCUT2D eigenvalue weighted by Gasteiger charge is 2.17. The van der Waals surface area contributed by atoms with Crippen LogP contribution >= 0.6 is 22.9 Å². The summed E-state index contributed by atoms with van der Waals surface area (Å²) in [7, 11) is 0. The third kappa shape index (κ3) is 4.38. The second-order valence-electron chi connectivity index (χ2n) is 7.11. The molecule has 4 rings (SSSR count). The average molecular weight is 470 g/mol. The van der Waals surface area contributed by atoms with Gasteiger partial charge in [0.25, 0.3) is 0 Å². The quantitative estimate of drug-likeness (QED) is 0.334. The maximum Gasteiger partial charge on any atom is 0.132 e. The molecule has 162 valence electrons. The van der Waals surface area contributed by atoms with Crippen LogP contribution in [0.1, 0.15) is 21.5 Å². The number of ether oxygens (including phenoxy) is 1. The Kier molecular flexibility index (Phi) is 6.26. The number of rotatable bonds is 6. The standard InChI is InChI=1S/C25H17ClF2O3S/c1-14-11-15(25(29)30)5-7-17(14)24-18(9-10-32-24)19-12-16(26)6-8-23(19)31-13-20-21(27)3-2-4-22(20)28/h2-12H,13H2,1H3,(H,29,30)/p-1. The van der Waals surface area contributed by atoms with Crippen molar-refractivity contribution in [2.45, 2.75) is 13.5 Å². The summed E-state index contributed by atoms with van der Waals surface area (Å²) in [6, 6.07) is 15.4. The number of carboxylic acid groups (broad SMARTS) is 1. The highest BCUT2D eigenvalue weighted by molar-refractivity contribution is 7.14. The molecule has 1 heterocycles. The number of hydrogen-bond acceptors (Lipinski definition) is 4. The molecule has 1 aromatic heterocycles. The van der Waals surface area contributed by atoms with E-state index in [0.29, 0.717) is 16.3 Å². The maximum absolute atomic E-state index is 14.0. The lowest BCUT2D eigenvalue weighted by molar-refractivity contribution is -0.255. The van der Waals surface area contributed by atoms with E-state index in [1.807, 2.05) is 18.4 Å². The lowest BCUT2D eigenvalue weighted by Crippen LogP contribution is -2.22. The number of aromatic carboxylic acids is 1. The fourth-order valence-electron chi connectivity index (χ4n) is 3.43. The van der Waals surface area contributed by atoms with E-state index in [-0.39, 0.29) is 17.7 Å². The van der Waals surface area contributed by atoms with E-state index in [0.717, 1.165) is 21.6 Å². The fourth-order valence-corrected chi connectivity index (χ4v) is 4.61. The van der Waals surface area contributed by atoms with Gasteiger partial charge in [-0.15, -0.1) is 11.3 Å². The molecular formula is C25H16ClF2O3S-. The van der Waals surface area contributed by atoms with Crippen LogP contribution in [0.15, 0.2) is 66.0 Å². The molecule has 4 aromatic rings. The maximum atomic E-state index is 14.0. The summed E-state index contributed by atoms with van der Waals surface area (Å²) in [4.78, 5) is 12.1. The Labute approximate surface area is 192 Å². The van der Waals surface area contributed by atoms with E-state index in [9.17, 15) is 18.7 Å². The second-order valence-corrected chi connectivity index (χ2v) is 8.46. The van der Waals surface area contributed by atoms with Gasteiger partial charge in [0.2, 0.25) is 0 Å². The Morgan fingerprint density at radius 3 is 2.44 bits per heavy atom. The van der Waals surface area contributed by atoms with E-state index in [4.69, 9.17) is 16.3 Å². The molecule has 0 atom stereocenters. The van der Waals surface area contributed by atoms with Crippen molar-refractivity contribution >= 4 is 28.9 Å². The van der Waals surface area contributed by atoms with Crippen molar-refractivity contribution in [3.05, 3.63) is 99.4 Å². The van der Waals surface area contributed by atoms with Crippen molar-refractivity contribution in [3.8, 4) is 27.3 Å². The molecule has 0 aliphatic carbocycles. The molecule has 0 aliphatic heterocycles. The number of thiophene rings is 1. The summed E-state index contributed by atoms with van der Waals surface area (Å²) in [5, 5.41) is 13.5. The van der Waals surface area contributed by atoms with Crippen LogP contribution in [0.25, 0.3) is 21.6 Å². The Hall–Kier alpha value is -3.22. The first-order chi connectivity index (χ1) is 15.3. The SMILES string of the molecule is Cc1cc(C(=O)[O-])ccc1-c1sccc1-c1cc(Cl)ccc1OCc1c(F)cccc1F. The van der Waals surface area contributed by atoms with Gasteiger partial charge in [-0.25, -0.2) is 8.78 Å². The predicted molar refractivity (Wildman–Crippen MR) is 120 cm³/mol. The van der Waals surface area contributed by atoms with E-state index >= 15 is 0 Å². The van der Waals surface area contributed by atoms with E-state index in [1.165, 1.54) is 35.6 Å². The molecule has 32 heavy (non-hydrogen) atoms. The molecule has 0 unspecified atom stereocenters. The van der Waals surface area contributed by atoms with Crippen LogP contribution in [0.4, 0.5) is 8.78 Å². The minimum absolute atomic E-state index is 0.100. The van der Waals surface area contributed by atoms with E-state index < -0.39 is 17.6 Å². The average Bonchev–Trinajstić information content (AvgIpc) is 3.23. The monoisotopic (exact) mass is 469 g/mol. The normalized spacial score (nSPS) is 10.9. The molecule has 0 radical (unpaired) electrons. The third-order valence-electron chi connectivity index (χ3n) is 5.04. The molecule has 7 heteroatoms. The molecule has 0 aliphatic rings. The Morgan fingerprint density at radius 2 is 1.75 bits per heavy atom. The summed E-state index contributed by atoms with van der Waals surface area (Å²) in [6.07, 6.45) is 0. The molecule has 0 bridgehead atoms. The van der Waals surface area contributed by atoms with Gasteiger partial charge in [-0.1, -0.05) is 29.8 Å². The Morgan fingerprint density at radius 1 is 1.00 bits per heavy atom. The van der Waals surface area contributed by atoms with Crippen LogP contribution in [-0.4, -0.2) is 5.97 Å². The highest BCUT2D eigenvalue weighted by atomic mass is 35.5. The van der Waals surface area contributed by atoms with Crippen molar-refractivity contribution in [1.82, 2.24) is 0 Å². The third-order valence-corrected chi connectivity index (χ3v) is 6.22. The summed E-state index contributed by atoms with van der Waals surface area (Å²) in [5.74, 6) is -2.18. The van der Waals surface area contributed by atoms with Gasteiger partial charge in [0.1, 0.15) is 24.0 Å². The van der Waals surface area contributed by atoms with Crippen molar-refractivity contribution in [1.29, 1.82) is 0 Å². The lowest BCUT2D eigenvalue weighted by atomic mass is 9.98. The van der Waals surface area contributed by atoms with Crippen LogP contribution in [0, 0.1) is 18.6 Å². The number of carboxylic acids is 1. The van der Waals surface area contributed by atoms with Gasteiger partial charge < -0.3 is 14.6 Å². The Balaban J connectivity index is 1.74. The number of halogens is 3. The minimum Gasteiger partial charge on any atom is -0.545 e. The zero-order valence-corrected chi connectivity index (χ0v) is 18.4. The zero-order valence-electron chi connectivity index (χ0n) is 16.8. The smallest absolute Gasteiger partial charge is 0.132 e. The topological polar surface area (TPSA) is 49.4 Å². The number of hydrogen-bond donors (Lipinski definition) is 0. The predicted octanol–water partition coefficient (Wildman–Crippen LogP) is 6.26. The molecular weight excluding hydrogens is 454 g/mol. The molecule has 0 fully saturated rings. The van der Waals surface area contributed by atoms with Gasteiger partial charge in [0.05, 0.1) is 11.5 Å². The van der Waals surface area contributed by atoms with Crippen molar-refractivity contribution < 1.29 is 23.4 Å². The molecule has 0 saturated heterocycles. The zero-order chi connectivity index (χ0) is 22.8. The summed E-state index contributed by atoms with van der Waals surface area (Å²) in [6.45, 7) is 1.54. The summed E-state index contributed by atoms with van der Waals surface area (Å²) in [5.41, 5.74) is 3.04. The van der Waals surface area contributed by atoms with Gasteiger partial charge in [0, 0.05) is 21.0 Å². The second kappa shape index (κ2) is 9.10. The highest BCUT2D eigenvalue weighted by Crippen LogP contribution is 2.43. The number of carbonyl (C=O) groups excluding carboxylic acids is 1. The van der Waals surface area contributed by atoms with E-state index in [1.54, 1.807) is 30.3 Å². The summed E-state index contributed by atoms with van der Waals surface area (Å²) < 4.78 is 33.9. The van der Waals surface area contributed by atoms with Gasteiger partial charge in [-0.05, 0) is 71.5 Å². The number of aryl methyl sites for hydroxylation is 1. The van der Waals surface area contributed by atoms with Crippen molar-refractivity contribution in [3.63, 3.8) is 0 Å². The van der Waals surface area contributed by atoms with Gasteiger partial charge in [-0.2, -0.15) is 0 Å². The largest absolute Gasteiger partial charge is 0.545 e. The lowest BCUT2D eigenvalue weighted by Gasteiger charge is -2.15. The van der Waals surface area contributed by atoms with Gasteiger partial charge >= 0.3 is 0 Å². The Bertz CT molecular complexity index is 1300. The number of carbonyl (C=O) groups is 1. The molecule has 3 nitrogen and oxygen atoms in total. The first-order valence-corrected chi connectivity index (χ1v) is 10.9. The van der Waals surface area contributed by atoms with Crippen LogP contribution in [-0.2, 0) is 6.61 Å². The minimum atomic E-state index is -1.24. The summed E-state index contributed by atoms with van der Waals surface area (Å²) >= 11 is 7.72. The van der Waals surface area contributed by atoms with Crippen molar-refractivity contribution in [2.24, 2.45) is 0 Å². The first-order valence-electron chi connectivity index (χ1n) is 9.60. The van der Waals surface area contributed by atoms with Gasteiger partial charge in [-0.3, -0.25) is 0 Å².